The van der Waals surface area contributed by atoms with Crippen LogP contribution in [0.15, 0.2) is 0 Å². The molecular weight excluding hydrogens is 192 g/mol. The van der Waals surface area contributed by atoms with Crippen LogP contribution in [0.1, 0.15) is 33.6 Å². The van der Waals surface area contributed by atoms with E-state index in [-0.39, 0.29) is 16.9 Å². The molecule has 3 aliphatic rings. The molecule has 84 valence electrons. The van der Waals surface area contributed by atoms with E-state index in [1.54, 1.807) is 0 Å². The maximum absolute atomic E-state index is 12.5. The third-order valence-corrected chi connectivity index (χ3v) is 5.13. The fraction of sp³-hybridized carbons (Fsp3) is 0.917. The minimum atomic E-state index is -0.601. The lowest BCUT2D eigenvalue weighted by molar-refractivity contribution is -0.173. The van der Waals surface area contributed by atoms with Crippen molar-refractivity contribution < 1.29 is 14.3 Å². The third kappa shape index (κ3) is 0.742. The maximum Gasteiger partial charge on any atom is 0.176 e. The van der Waals surface area contributed by atoms with Crippen LogP contribution in [0.2, 0.25) is 0 Å². The molecule has 3 heteroatoms. The standard InChI is InChI=1S/C12H18O3/c1-4-14-12-7-15-11(3)8(12)5-6-10(11,2)9(12)13/h8H,4-7H2,1-3H3/t8-,10+,11+,12+/m0/s1. The van der Waals surface area contributed by atoms with E-state index < -0.39 is 5.60 Å². The van der Waals surface area contributed by atoms with Crippen molar-refractivity contribution in [1.29, 1.82) is 0 Å². The van der Waals surface area contributed by atoms with Crippen molar-refractivity contribution >= 4 is 5.78 Å². The highest BCUT2D eigenvalue weighted by atomic mass is 16.6. The molecule has 0 aromatic carbocycles. The molecule has 0 unspecified atom stereocenters. The van der Waals surface area contributed by atoms with Gasteiger partial charge in [0.05, 0.1) is 17.6 Å². The van der Waals surface area contributed by atoms with E-state index in [0.29, 0.717) is 19.0 Å². The summed E-state index contributed by atoms with van der Waals surface area (Å²) in [6, 6.07) is 0. The van der Waals surface area contributed by atoms with Crippen molar-refractivity contribution in [3.63, 3.8) is 0 Å². The highest BCUT2D eigenvalue weighted by Crippen LogP contribution is 2.68. The van der Waals surface area contributed by atoms with Gasteiger partial charge < -0.3 is 9.47 Å². The molecule has 2 saturated carbocycles. The average molecular weight is 210 g/mol. The van der Waals surface area contributed by atoms with Crippen LogP contribution in [-0.4, -0.2) is 30.2 Å². The lowest BCUT2D eigenvalue weighted by Gasteiger charge is -2.40. The highest BCUT2D eigenvalue weighted by molar-refractivity contribution is 5.99. The number of rotatable bonds is 2. The van der Waals surface area contributed by atoms with Gasteiger partial charge in [-0.05, 0) is 33.6 Å². The molecule has 0 amide bonds. The van der Waals surface area contributed by atoms with Crippen molar-refractivity contribution in [3.05, 3.63) is 0 Å². The van der Waals surface area contributed by atoms with Crippen LogP contribution < -0.4 is 0 Å². The lowest BCUT2D eigenvalue weighted by Crippen LogP contribution is -2.54. The van der Waals surface area contributed by atoms with Crippen LogP contribution in [0.5, 0.6) is 0 Å². The predicted molar refractivity (Wildman–Crippen MR) is 54.6 cm³/mol. The molecule has 3 rings (SSSR count). The number of hydrogen-bond donors (Lipinski definition) is 0. The van der Waals surface area contributed by atoms with Gasteiger partial charge in [-0.3, -0.25) is 4.79 Å². The Bertz CT molecular complexity index is 336. The molecule has 1 saturated heterocycles. The molecule has 0 N–H and O–H groups in total. The zero-order valence-corrected chi connectivity index (χ0v) is 9.63. The number of ketones is 1. The Morgan fingerprint density at radius 1 is 1.53 bits per heavy atom. The van der Waals surface area contributed by atoms with Crippen LogP contribution in [0.4, 0.5) is 0 Å². The molecule has 4 atom stereocenters. The van der Waals surface area contributed by atoms with Crippen LogP contribution >= 0.6 is 0 Å². The number of Topliss-reactive ketones (excluding diaryl/α,β-unsaturated/α-hetero) is 1. The van der Waals surface area contributed by atoms with E-state index in [9.17, 15) is 4.79 Å². The number of hydrogen-bond acceptors (Lipinski definition) is 3. The van der Waals surface area contributed by atoms with E-state index in [2.05, 4.69) is 13.8 Å². The van der Waals surface area contributed by atoms with E-state index in [1.165, 1.54) is 0 Å². The first-order chi connectivity index (χ1) is 7.01. The second-order valence-electron chi connectivity index (χ2n) is 5.47. The summed E-state index contributed by atoms with van der Waals surface area (Å²) in [5.41, 5.74) is -1.17. The molecule has 15 heavy (non-hydrogen) atoms. The first-order valence-electron chi connectivity index (χ1n) is 5.84. The average Bonchev–Trinajstić information content (AvgIpc) is 2.67. The minimum Gasteiger partial charge on any atom is -0.370 e. The van der Waals surface area contributed by atoms with Gasteiger partial charge in [-0.1, -0.05) is 0 Å². The first kappa shape index (κ1) is 9.79. The summed E-state index contributed by atoms with van der Waals surface area (Å²) in [5, 5.41) is 0. The summed E-state index contributed by atoms with van der Waals surface area (Å²) in [4.78, 5) is 12.5. The summed E-state index contributed by atoms with van der Waals surface area (Å²) in [7, 11) is 0. The molecule has 0 aromatic heterocycles. The van der Waals surface area contributed by atoms with E-state index >= 15 is 0 Å². The van der Waals surface area contributed by atoms with E-state index in [0.717, 1.165) is 12.8 Å². The second kappa shape index (κ2) is 2.46. The van der Waals surface area contributed by atoms with Gasteiger partial charge in [0.2, 0.25) is 0 Å². The summed E-state index contributed by atoms with van der Waals surface area (Å²) >= 11 is 0. The van der Waals surface area contributed by atoms with Gasteiger partial charge in [0.1, 0.15) is 0 Å². The number of carbonyl (C=O) groups is 1. The Balaban J connectivity index is 2.12. The van der Waals surface area contributed by atoms with Gasteiger partial charge in [-0.15, -0.1) is 0 Å². The predicted octanol–water partition coefficient (Wildman–Crippen LogP) is 1.55. The number of ether oxygens (including phenoxy) is 2. The largest absolute Gasteiger partial charge is 0.370 e. The summed E-state index contributed by atoms with van der Waals surface area (Å²) in [6.07, 6.45) is 2.03. The molecule has 4 bridgehead atoms. The van der Waals surface area contributed by atoms with Gasteiger partial charge in [0.15, 0.2) is 11.4 Å². The zero-order valence-electron chi connectivity index (χ0n) is 9.63. The molecule has 3 nitrogen and oxygen atoms in total. The first-order valence-corrected chi connectivity index (χ1v) is 5.84. The van der Waals surface area contributed by atoms with E-state index in [1.807, 2.05) is 6.92 Å². The van der Waals surface area contributed by atoms with Crippen LogP contribution in [-0.2, 0) is 14.3 Å². The van der Waals surface area contributed by atoms with Crippen molar-refractivity contribution in [2.24, 2.45) is 11.3 Å². The minimum absolute atomic E-state index is 0.265. The molecule has 1 heterocycles. The maximum atomic E-state index is 12.5. The quantitative estimate of drug-likeness (QED) is 0.693. The highest BCUT2D eigenvalue weighted by Gasteiger charge is 2.80. The van der Waals surface area contributed by atoms with Crippen molar-refractivity contribution in [3.8, 4) is 0 Å². The smallest absolute Gasteiger partial charge is 0.176 e. The molecule has 2 aliphatic carbocycles. The summed E-state index contributed by atoms with van der Waals surface area (Å²) < 4.78 is 11.7. The molecule has 0 spiro atoms. The van der Waals surface area contributed by atoms with Gasteiger partial charge in [-0.2, -0.15) is 0 Å². The lowest BCUT2D eigenvalue weighted by atomic mass is 9.74. The van der Waals surface area contributed by atoms with Crippen molar-refractivity contribution in [1.82, 2.24) is 0 Å². The Labute approximate surface area is 90.1 Å². The van der Waals surface area contributed by atoms with Crippen LogP contribution in [0, 0.1) is 11.3 Å². The summed E-state index contributed by atoms with van der Waals surface area (Å²) in [5.74, 6) is 0.573. The Morgan fingerprint density at radius 3 is 2.80 bits per heavy atom. The number of carbonyl (C=O) groups excluding carboxylic acids is 1. The fourth-order valence-corrected chi connectivity index (χ4v) is 4.13. The molecule has 1 aliphatic heterocycles. The monoisotopic (exact) mass is 210 g/mol. The van der Waals surface area contributed by atoms with Crippen LogP contribution in [0.3, 0.4) is 0 Å². The zero-order chi connectivity index (χ0) is 10.9. The normalized spacial score (nSPS) is 56.7. The molecule has 3 fully saturated rings. The van der Waals surface area contributed by atoms with Gasteiger partial charge in [0.25, 0.3) is 0 Å². The van der Waals surface area contributed by atoms with E-state index in [4.69, 9.17) is 9.47 Å². The molecular formula is C12H18O3. The van der Waals surface area contributed by atoms with Gasteiger partial charge in [-0.25, -0.2) is 0 Å². The van der Waals surface area contributed by atoms with Gasteiger partial charge in [0, 0.05) is 12.5 Å². The third-order valence-electron chi connectivity index (χ3n) is 5.13. The molecule has 0 radical (unpaired) electrons. The Kier molecular flexibility index (Phi) is 1.61. The summed E-state index contributed by atoms with van der Waals surface area (Å²) in [6.45, 7) is 7.16. The van der Waals surface area contributed by atoms with Crippen molar-refractivity contribution in [2.45, 2.75) is 44.8 Å². The van der Waals surface area contributed by atoms with Crippen molar-refractivity contribution in [2.75, 3.05) is 13.2 Å². The van der Waals surface area contributed by atoms with Gasteiger partial charge >= 0.3 is 0 Å². The Hall–Kier alpha value is -0.410. The topological polar surface area (TPSA) is 35.5 Å². The molecule has 0 aromatic rings. The fourth-order valence-electron chi connectivity index (χ4n) is 4.13. The SMILES string of the molecule is CCO[C@]12CO[C@]3(C)[C@@H]1CC[C@]3(C)C2=O. The van der Waals surface area contributed by atoms with Crippen LogP contribution in [0.25, 0.3) is 0 Å². The Morgan fingerprint density at radius 2 is 2.27 bits per heavy atom. The second-order valence-corrected chi connectivity index (χ2v) is 5.47.